The van der Waals surface area contributed by atoms with Crippen molar-refractivity contribution in [2.75, 3.05) is 24.5 Å². The van der Waals surface area contributed by atoms with Gasteiger partial charge in [0.2, 0.25) is 11.8 Å². The van der Waals surface area contributed by atoms with Crippen molar-refractivity contribution in [2.24, 2.45) is 5.92 Å². The van der Waals surface area contributed by atoms with Gasteiger partial charge in [-0.3, -0.25) is 0 Å². The number of ether oxygens (including phenoxy) is 3. The Labute approximate surface area is 283 Å². The zero-order chi connectivity index (χ0) is 33.5. The van der Waals surface area contributed by atoms with E-state index in [2.05, 4.69) is 58.2 Å². The van der Waals surface area contributed by atoms with Gasteiger partial charge in [-0.05, 0) is 93.8 Å². The fraction of sp³-hybridized carbons (Fsp3) is 0.350. The molecule has 3 aromatic carbocycles. The van der Waals surface area contributed by atoms with Crippen LogP contribution in [-0.2, 0) is 18.0 Å². The molecule has 8 nitrogen and oxygen atoms in total. The largest absolute Gasteiger partial charge is 0.473 e. The fourth-order valence-corrected chi connectivity index (χ4v) is 6.19. The number of piperidine rings is 1. The molecule has 0 atom stereocenters. The second-order valence-corrected chi connectivity index (χ2v) is 13.6. The van der Waals surface area contributed by atoms with Crippen LogP contribution in [0.5, 0.6) is 11.8 Å². The minimum atomic E-state index is -0.479. The lowest BCUT2D eigenvalue weighted by Gasteiger charge is -2.34. The van der Waals surface area contributed by atoms with Gasteiger partial charge in [0.25, 0.3) is 0 Å². The summed E-state index contributed by atoms with van der Waals surface area (Å²) in [6.07, 6.45) is 4.98. The first kappa shape index (κ1) is 32.9. The molecule has 0 aliphatic carbocycles. The predicted octanol–water partition coefficient (Wildman–Crippen LogP) is 8.62. The van der Waals surface area contributed by atoms with Gasteiger partial charge in [0.05, 0.1) is 5.52 Å². The number of aromatic nitrogens is 2. The maximum atomic E-state index is 12.0. The number of nitrogens with zero attached hydrogens (tertiary/aromatic N) is 3. The SMILES string of the molecule is Cc1cn(-c2ccc(OCc3ccccc3)nc2OCc2ccccc2)c2ccc(N3CCC(CCNC(=O)OC(C)(C)C)CC3)cc12. The molecule has 1 aliphatic rings. The number of aryl methyl sites for hydroxylation is 1. The monoisotopic (exact) mass is 646 g/mol. The smallest absolute Gasteiger partial charge is 0.407 e. The number of carbonyl (C=O) groups is 1. The lowest BCUT2D eigenvalue weighted by atomic mass is 9.93. The zero-order valence-electron chi connectivity index (χ0n) is 28.4. The Balaban J connectivity index is 1.16. The summed E-state index contributed by atoms with van der Waals surface area (Å²) in [5.41, 5.74) is 6.06. The van der Waals surface area contributed by atoms with E-state index in [0.29, 0.717) is 37.4 Å². The van der Waals surface area contributed by atoms with Crippen molar-refractivity contribution in [2.45, 2.75) is 65.8 Å². The summed E-state index contributed by atoms with van der Waals surface area (Å²) in [5.74, 6) is 1.63. The van der Waals surface area contributed by atoms with Gasteiger partial charge in [-0.15, -0.1) is 0 Å². The third-order valence-corrected chi connectivity index (χ3v) is 8.71. The Hall–Kier alpha value is -4.98. The third kappa shape index (κ3) is 8.48. The number of hydrogen-bond donors (Lipinski definition) is 1. The molecular formula is C40H46N4O4. The van der Waals surface area contributed by atoms with Crippen molar-refractivity contribution < 1.29 is 19.0 Å². The summed E-state index contributed by atoms with van der Waals surface area (Å²) in [7, 11) is 0. The molecule has 250 valence electrons. The van der Waals surface area contributed by atoms with E-state index in [-0.39, 0.29) is 6.09 Å². The van der Waals surface area contributed by atoms with E-state index in [1.165, 1.54) is 16.6 Å². The lowest BCUT2D eigenvalue weighted by Crippen LogP contribution is -2.36. The summed E-state index contributed by atoms with van der Waals surface area (Å²) in [6.45, 7) is 11.3. The number of pyridine rings is 1. The lowest BCUT2D eigenvalue weighted by molar-refractivity contribution is 0.0524. The highest BCUT2D eigenvalue weighted by Gasteiger charge is 2.22. The Morgan fingerprint density at radius 1 is 0.875 bits per heavy atom. The molecule has 0 radical (unpaired) electrons. The van der Waals surface area contributed by atoms with Gasteiger partial charge >= 0.3 is 6.09 Å². The number of hydrogen-bond acceptors (Lipinski definition) is 6. The first-order chi connectivity index (χ1) is 23.2. The molecule has 1 N–H and O–H groups in total. The van der Waals surface area contributed by atoms with E-state index in [1.54, 1.807) is 0 Å². The number of anilines is 1. The van der Waals surface area contributed by atoms with Crippen molar-refractivity contribution in [3.63, 3.8) is 0 Å². The van der Waals surface area contributed by atoms with E-state index >= 15 is 0 Å². The van der Waals surface area contributed by atoms with E-state index in [0.717, 1.165) is 54.7 Å². The first-order valence-electron chi connectivity index (χ1n) is 16.9. The normalized spacial score (nSPS) is 13.8. The molecule has 5 aromatic rings. The minimum absolute atomic E-state index is 0.339. The van der Waals surface area contributed by atoms with Crippen LogP contribution in [0, 0.1) is 12.8 Å². The quantitative estimate of drug-likeness (QED) is 0.155. The second-order valence-electron chi connectivity index (χ2n) is 13.6. The minimum Gasteiger partial charge on any atom is -0.473 e. The van der Waals surface area contributed by atoms with Crippen molar-refractivity contribution in [1.29, 1.82) is 0 Å². The molecule has 0 saturated carbocycles. The molecule has 8 heteroatoms. The summed E-state index contributed by atoms with van der Waals surface area (Å²) < 4.78 is 20.0. The van der Waals surface area contributed by atoms with Gasteiger partial charge in [-0.25, -0.2) is 4.79 Å². The topological polar surface area (TPSA) is 77.9 Å². The molecule has 2 aromatic heterocycles. The highest BCUT2D eigenvalue weighted by molar-refractivity contribution is 5.89. The van der Waals surface area contributed by atoms with Gasteiger partial charge in [-0.1, -0.05) is 60.7 Å². The van der Waals surface area contributed by atoms with Crippen LogP contribution in [0.1, 0.15) is 56.7 Å². The summed E-state index contributed by atoms with van der Waals surface area (Å²) >= 11 is 0. The molecule has 0 unspecified atom stereocenters. The first-order valence-corrected chi connectivity index (χ1v) is 16.9. The number of fused-ring (bicyclic) bond motifs is 1. The number of nitrogens with one attached hydrogen (secondary N) is 1. The summed E-state index contributed by atoms with van der Waals surface area (Å²) in [4.78, 5) is 19.3. The van der Waals surface area contributed by atoms with Crippen molar-refractivity contribution >= 4 is 22.7 Å². The average molecular weight is 647 g/mol. The number of rotatable bonds is 11. The van der Waals surface area contributed by atoms with Crippen LogP contribution < -0.4 is 19.7 Å². The Kier molecular flexibility index (Phi) is 10.2. The number of carbonyl (C=O) groups excluding carboxylic acids is 1. The highest BCUT2D eigenvalue weighted by Crippen LogP contribution is 2.34. The van der Waals surface area contributed by atoms with E-state index in [1.807, 2.05) is 81.4 Å². The maximum absolute atomic E-state index is 12.0. The van der Waals surface area contributed by atoms with Crippen LogP contribution in [0.3, 0.4) is 0 Å². The molecule has 3 heterocycles. The fourth-order valence-electron chi connectivity index (χ4n) is 6.19. The Bertz CT molecular complexity index is 1810. The van der Waals surface area contributed by atoms with Crippen molar-refractivity contribution in [3.8, 4) is 17.4 Å². The number of amides is 1. The zero-order valence-corrected chi connectivity index (χ0v) is 28.4. The molecule has 0 bridgehead atoms. The molecule has 6 rings (SSSR count). The van der Waals surface area contributed by atoms with Crippen LogP contribution >= 0.6 is 0 Å². The van der Waals surface area contributed by atoms with Gasteiger partial charge in [0.1, 0.15) is 24.5 Å². The standard InChI is InChI=1S/C40H46N4O4/c1-29-26-44(35-16-15-33(25-34(29)35)43-23-20-30(21-24-43)19-22-41-39(45)48-40(2,3)4)36-17-18-37(46-27-31-11-7-5-8-12-31)42-38(36)47-28-32-13-9-6-10-14-32/h5-18,25-26,30H,19-24,27-28H2,1-4H3,(H,41,45). The van der Waals surface area contributed by atoms with Crippen LogP contribution in [0.15, 0.2) is 97.2 Å². The molecule has 1 amide bonds. The molecular weight excluding hydrogens is 600 g/mol. The summed E-state index contributed by atoms with van der Waals surface area (Å²) in [6, 6.07) is 30.9. The van der Waals surface area contributed by atoms with Crippen LogP contribution in [0.2, 0.25) is 0 Å². The van der Waals surface area contributed by atoms with E-state index < -0.39 is 5.60 Å². The van der Waals surface area contributed by atoms with E-state index in [4.69, 9.17) is 19.2 Å². The van der Waals surface area contributed by atoms with Crippen molar-refractivity contribution in [1.82, 2.24) is 14.9 Å². The highest BCUT2D eigenvalue weighted by atomic mass is 16.6. The Morgan fingerprint density at radius 2 is 1.54 bits per heavy atom. The van der Waals surface area contributed by atoms with Crippen LogP contribution in [0.4, 0.5) is 10.5 Å². The second kappa shape index (κ2) is 14.8. The molecule has 1 saturated heterocycles. The molecule has 48 heavy (non-hydrogen) atoms. The molecule has 0 spiro atoms. The van der Waals surface area contributed by atoms with Crippen LogP contribution in [0.25, 0.3) is 16.6 Å². The predicted molar refractivity (Wildman–Crippen MR) is 191 cm³/mol. The average Bonchev–Trinajstić information content (AvgIpc) is 3.42. The van der Waals surface area contributed by atoms with Crippen LogP contribution in [-0.4, -0.2) is 40.9 Å². The van der Waals surface area contributed by atoms with Gasteiger partial charge in [0, 0.05) is 43.0 Å². The molecule has 1 fully saturated rings. The maximum Gasteiger partial charge on any atom is 0.407 e. The van der Waals surface area contributed by atoms with Crippen molar-refractivity contribution in [3.05, 3.63) is 114 Å². The van der Waals surface area contributed by atoms with E-state index in [9.17, 15) is 4.79 Å². The number of alkyl carbamates (subject to hydrolysis) is 1. The van der Waals surface area contributed by atoms with Gasteiger partial charge < -0.3 is 29.0 Å². The molecule has 1 aliphatic heterocycles. The third-order valence-electron chi connectivity index (χ3n) is 8.71. The van der Waals surface area contributed by atoms with Gasteiger partial charge in [0.15, 0.2) is 0 Å². The summed E-state index contributed by atoms with van der Waals surface area (Å²) in [5, 5.41) is 4.11. The Morgan fingerprint density at radius 3 is 2.21 bits per heavy atom. The number of benzene rings is 3. The van der Waals surface area contributed by atoms with Gasteiger partial charge in [-0.2, -0.15) is 4.98 Å².